The number of amides is 2. The Labute approximate surface area is 155 Å². The van der Waals surface area contributed by atoms with E-state index in [4.69, 9.17) is 5.73 Å². The van der Waals surface area contributed by atoms with Gasteiger partial charge in [0.15, 0.2) is 6.04 Å². The van der Waals surface area contributed by atoms with Gasteiger partial charge in [0.1, 0.15) is 6.04 Å². The van der Waals surface area contributed by atoms with E-state index in [1.54, 1.807) is 30.3 Å². The number of aliphatic carboxylic acids is 1. The molecule has 0 aliphatic heterocycles. The zero-order valence-electron chi connectivity index (χ0n) is 14.3. The fourth-order valence-corrected chi connectivity index (χ4v) is 2.84. The number of aliphatic imine (C=N–C) groups is 1. The van der Waals surface area contributed by atoms with E-state index in [1.807, 2.05) is 6.26 Å². The van der Waals surface area contributed by atoms with Crippen molar-refractivity contribution in [1.29, 1.82) is 0 Å². The van der Waals surface area contributed by atoms with Gasteiger partial charge in [0, 0.05) is 0 Å². The van der Waals surface area contributed by atoms with Crippen LogP contribution in [0.4, 0.5) is 0 Å². The summed E-state index contributed by atoms with van der Waals surface area (Å²) >= 11 is 1.47. The number of carbonyl (C=O) groups excluding carboxylic acids is 3. The van der Waals surface area contributed by atoms with Crippen LogP contribution >= 0.6 is 11.8 Å². The van der Waals surface area contributed by atoms with Gasteiger partial charge in [-0.05, 0) is 30.4 Å². The summed E-state index contributed by atoms with van der Waals surface area (Å²) in [5, 5.41) is 11.9. The average molecular weight is 379 g/mol. The third-order valence-corrected chi connectivity index (χ3v) is 4.37. The fraction of sp³-hybridized carbons (Fsp3) is 0.412. The van der Waals surface area contributed by atoms with E-state index < -0.39 is 35.8 Å². The van der Waals surface area contributed by atoms with Gasteiger partial charge in [0.05, 0.1) is 5.92 Å². The SMILES string of the molecule is CSCCC(NC(=O)C(N=C=O)C(Cc1ccccc1)C(=O)O)C(N)=O. The third-order valence-electron chi connectivity index (χ3n) is 3.73. The molecule has 9 heteroatoms. The normalized spacial score (nSPS) is 13.7. The van der Waals surface area contributed by atoms with Crippen molar-refractivity contribution in [3.8, 4) is 0 Å². The number of nitrogens with zero attached hydrogens (tertiary/aromatic N) is 1. The van der Waals surface area contributed by atoms with E-state index in [0.717, 1.165) is 0 Å². The Hall–Kier alpha value is -2.64. The number of primary amides is 1. The smallest absolute Gasteiger partial charge is 0.309 e. The Balaban J connectivity index is 3.01. The van der Waals surface area contributed by atoms with Gasteiger partial charge in [-0.15, -0.1) is 0 Å². The second-order valence-corrected chi connectivity index (χ2v) is 6.53. The van der Waals surface area contributed by atoms with Gasteiger partial charge in [-0.1, -0.05) is 30.3 Å². The molecule has 1 aromatic carbocycles. The first-order chi connectivity index (χ1) is 12.4. The summed E-state index contributed by atoms with van der Waals surface area (Å²) in [5.74, 6) is -3.58. The molecule has 26 heavy (non-hydrogen) atoms. The summed E-state index contributed by atoms with van der Waals surface area (Å²) in [5.41, 5.74) is 5.95. The summed E-state index contributed by atoms with van der Waals surface area (Å²) < 4.78 is 0. The highest BCUT2D eigenvalue weighted by Crippen LogP contribution is 2.17. The van der Waals surface area contributed by atoms with E-state index in [-0.39, 0.29) is 12.8 Å². The van der Waals surface area contributed by atoms with E-state index in [0.29, 0.717) is 11.3 Å². The molecule has 0 saturated carbocycles. The second kappa shape index (κ2) is 11.1. The number of nitrogens with one attached hydrogen (secondary N) is 1. The molecule has 0 aliphatic carbocycles. The highest BCUT2D eigenvalue weighted by molar-refractivity contribution is 7.98. The summed E-state index contributed by atoms with van der Waals surface area (Å²) in [4.78, 5) is 49.7. The van der Waals surface area contributed by atoms with Crippen LogP contribution in [0.25, 0.3) is 0 Å². The number of nitrogens with two attached hydrogens (primary N) is 1. The maximum absolute atomic E-state index is 12.5. The first kappa shape index (κ1) is 21.4. The lowest BCUT2D eigenvalue weighted by Crippen LogP contribution is -2.50. The zero-order valence-corrected chi connectivity index (χ0v) is 15.1. The molecule has 3 unspecified atom stereocenters. The molecule has 2 amide bonds. The summed E-state index contributed by atoms with van der Waals surface area (Å²) in [6.45, 7) is 0. The van der Waals surface area contributed by atoms with Gasteiger partial charge in [-0.25, -0.2) is 4.79 Å². The van der Waals surface area contributed by atoms with E-state index in [1.165, 1.54) is 17.8 Å². The quantitative estimate of drug-likeness (QED) is 0.375. The van der Waals surface area contributed by atoms with Crippen LogP contribution in [0.15, 0.2) is 35.3 Å². The standard InChI is InChI=1S/C17H21N3O5S/c1-26-8-7-13(15(18)22)20-16(23)14(19-10-21)12(17(24)25)9-11-5-3-2-4-6-11/h2-6,12-14H,7-9H2,1H3,(H2,18,22)(H,20,23)(H,24,25). The van der Waals surface area contributed by atoms with Gasteiger partial charge < -0.3 is 16.2 Å². The van der Waals surface area contributed by atoms with Crippen molar-refractivity contribution in [3.05, 3.63) is 35.9 Å². The predicted octanol–water partition coefficient (Wildman–Crippen LogP) is 0.358. The molecule has 1 rings (SSSR count). The van der Waals surface area contributed by atoms with Gasteiger partial charge >= 0.3 is 5.97 Å². The fourth-order valence-electron chi connectivity index (χ4n) is 2.37. The first-order valence-electron chi connectivity index (χ1n) is 7.83. The second-order valence-electron chi connectivity index (χ2n) is 5.54. The van der Waals surface area contributed by atoms with Gasteiger partial charge in [0.2, 0.25) is 17.9 Å². The molecule has 4 N–H and O–H groups in total. The highest BCUT2D eigenvalue weighted by atomic mass is 32.2. The van der Waals surface area contributed by atoms with Crippen LogP contribution in [0.5, 0.6) is 0 Å². The van der Waals surface area contributed by atoms with Crippen LogP contribution in [0.3, 0.4) is 0 Å². The minimum Gasteiger partial charge on any atom is -0.481 e. The zero-order chi connectivity index (χ0) is 19.5. The summed E-state index contributed by atoms with van der Waals surface area (Å²) in [6.07, 6.45) is 3.36. The Bertz CT molecular complexity index is 676. The summed E-state index contributed by atoms with van der Waals surface area (Å²) in [7, 11) is 0. The van der Waals surface area contributed by atoms with E-state index in [9.17, 15) is 24.3 Å². The van der Waals surface area contributed by atoms with E-state index >= 15 is 0 Å². The maximum Gasteiger partial charge on any atom is 0.309 e. The lowest BCUT2D eigenvalue weighted by Gasteiger charge is -2.22. The third kappa shape index (κ3) is 6.70. The monoisotopic (exact) mass is 379 g/mol. The van der Waals surface area contributed by atoms with Crippen molar-refractivity contribution in [2.24, 2.45) is 16.6 Å². The maximum atomic E-state index is 12.5. The molecule has 0 spiro atoms. The topological polar surface area (TPSA) is 139 Å². The Morgan fingerprint density at radius 3 is 2.46 bits per heavy atom. The molecule has 0 radical (unpaired) electrons. The Kier molecular flexibility index (Phi) is 9.11. The molecular formula is C17H21N3O5S. The van der Waals surface area contributed by atoms with Gasteiger partial charge in [-0.3, -0.25) is 14.4 Å². The molecule has 0 aromatic heterocycles. The highest BCUT2D eigenvalue weighted by Gasteiger charge is 2.35. The van der Waals surface area contributed by atoms with E-state index in [2.05, 4.69) is 10.3 Å². The number of hydrogen-bond donors (Lipinski definition) is 3. The first-order valence-corrected chi connectivity index (χ1v) is 9.22. The van der Waals surface area contributed by atoms with Crippen LogP contribution in [-0.4, -0.2) is 53.1 Å². The van der Waals surface area contributed by atoms with Crippen molar-refractivity contribution < 1.29 is 24.3 Å². The number of carbonyl (C=O) groups is 3. The minimum absolute atomic E-state index is 0.00844. The van der Waals surface area contributed by atoms with Crippen molar-refractivity contribution in [2.45, 2.75) is 24.9 Å². The average Bonchev–Trinajstić information content (AvgIpc) is 2.61. The number of benzene rings is 1. The molecule has 3 atom stereocenters. The number of rotatable bonds is 11. The lowest BCUT2D eigenvalue weighted by atomic mass is 9.91. The Morgan fingerprint density at radius 1 is 1.31 bits per heavy atom. The summed E-state index contributed by atoms with van der Waals surface area (Å²) in [6, 6.07) is 6.18. The largest absolute Gasteiger partial charge is 0.481 e. The molecule has 8 nitrogen and oxygen atoms in total. The molecule has 0 saturated heterocycles. The van der Waals surface area contributed by atoms with Crippen molar-refractivity contribution in [1.82, 2.24) is 5.32 Å². The minimum atomic E-state index is -1.51. The molecule has 0 aliphatic rings. The molecule has 1 aromatic rings. The van der Waals surface area contributed by atoms with Crippen LogP contribution in [0.1, 0.15) is 12.0 Å². The number of isocyanates is 1. The van der Waals surface area contributed by atoms with Gasteiger partial charge in [0.25, 0.3) is 0 Å². The van der Waals surface area contributed by atoms with Crippen molar-refractivity contribution in [3.63, 3.8) is 0 Å². The van der Waals surface area contributed by atoms with Gasteiger partial charge in [-0.2, -0.15) is 16.8 Å². The Morgan fingerprint density at radius 2 is 1.96 bits per heavy atom. The van der Waals surface area contributed by atoms with Crippen LogP contribution in [0.2, 0.25) is 0 Å². The van der Waals surface area contributed by atoms with Crippen LogP contribution in [-0.2, 0) is 25.6 Å². The van der Waals surface area contributed by atoms with Crippen LogP contribution in [0, 0.1) is 5.92 Å². The number of carboxylic acid groups (broad SMARTS) is 1. The molecule has 140 valence electrons. The predicted molar refractivity (Wildman–Crippen MR) is 97.3 cm³/mol. The lowest BCUT2D eigenvalue weighted by molar-refractivity contribution is -0.145. The molecule has 0 bridgehead atoms. The number of carboxylic acids is 1. The molecular weight excluding hydrogens is 358 g/mol. The molecule has 0 heterocycles. The van der Waals surface area contributed by atoms with Crippen molar-refractivity contribution >= 4 is 35.6 Å². The number of thioether (sulfide) groups is 1. The number of hydrogen-bond acceptors (Lipinski definition) is 6. The van der Waals surface area contributed by atoms with Crippen LogP contribution < -0.4 is 11.1 Å². The van der Waals surface area contributed by atoms with Crippen molar-refractivity contribution in [2.75, 3.05) is 12.0 Å². The molecule has 0 fully saturated rings.